The van der Waals surface area contributed by atoms with E-state index in [0.29, 0.717) is 24.6 Å². The number of hydrogen-bond acceptors (Lipinski definition) is 3. The molecule has 1 amide bonds. The lowest BCUT2D eigenvalue weighted by atomic mass is 9.90. The molecule has 4 heteroatoms. The van der Waals surface area contributed by atoms with E-state index >= 15 is 0 Å². The van der Waals surface area contributed by atoms with Crippen LogP contribution in [-0.2, 0) is 4.79 Å². The van der Waals surface area contributed by atoms with E-state index in [2.05, 4.69) is 25.2 Å². The van der Waals surface area contributed by atoms with Crippen molar-refractivity contribution in [1.29, 1.82) is 0 Å². The lowest BCUT2D eigenvalue weighted by Crippen LogP contribution is -2.37. The maximum Gasteiger partial charge on any atom is 0.257 e. The van der Waals surface area contributed by atoms with Gasteiger partial charge in [0.15, 0.2) is 6.61 Å². The molecule has 1 aromatic rings. The molecule has 0 aliphatic heterocycles. The average molecular weight is 293 g/mol. The van der Waals surface area contributed by atoms with E-state index in [1.807, 2.05) is 32.0 Å². The van der Waals surface area contributed by atoms with Crippen LogP contribution < -0.4 is 10.1 Å². The Kier molecular flexibility index (Phi) is 6.69. The third-order valence-electron chi connectivity index (χ3n) is 3.45. The van der Waals surface area contributed by atoms with Gasteiger partial charge in [0.25, 0.3) is 5.91 Å². The summed E-state index contributed by atoms with van der Waals surface area (Å²) in [6.45, 7) is 8.93. The third-order valence-corrected chi connectivity index (χ3v) is 3.45. The molecule has 0 aliphatic carbocycles. The van der Waals surface area contributed by atoms with Gasteiger partial charge in [-0.15, -0.1) is 0 Å². The van der Waals surface area contributed by atoms with Gasteiger partial charge in [-0.3, -0.25) is 4.79 Å². The number of rotatable bonds is 8. The van der Waals surface area contributed by atoms with E-state index in [9.17, 15) is 4.79 Å². The molecule has 4 nitrogen and oxygen atoms in total. The van der Waals surface area contributed by atoms with Crippen molar-refractivity contribution in [2.45, 2.75) is 40.0 Å². The summed E-state index contributed by atoms with van der Waals surface area (Å²) < 4.78 is 5.52. The lowest BCUT2D eigenvalue weighted by Gasteiger charge is -2.23. The van der Waals surface area contributed by atoms with Gasteiger partial charge in [-0.05, 0) is 35.4 Å². The number of amides is 1. The van der Waals surface area contributed by atoms with Crippen molar-refractivity contribution in [3.05, 3.63) is 29.8 Å². The Labute approximate surface area is 127 Å². The monoisotopic (exact) mass is 293 g/mol. The van der Waals surface area contributed by atoms with Crippen LogP contribution in [0.4, 0.5) is 0 Å². The lowest BCUT2D eigenvalue weighted by molar-refractivity contribution is -0.123. The summed E-state index contributed by atoms with van der Waals surface area (Å²) in [5, 5.41) is 11.8. The highest BCUT2D eigenvalue weighted by atomic mass is 16.5. The van der Waals surface area contributed by atoms with Gasteiger partial charge in [0.1, 0.15) is 5.75 Å². The Hall–Kier alpha value is -1.55. The van der Waals surface area contributed by atoms with E-state index in [1.165, 1.54) is 5.56 Å². The van der Waals surface area contributed by atoms with Crippen molar-refractivity contribution >= 4 is 5.91 Å². The normalized spacial score (nSPS) is 11.5. The summed E-state index contributed by atoms with van der Waals surface area (Å²) in [5.41, 5.74) is 1.08. The zero-order valence-corrected chi connectivity index (χ0v) is 13.5. The number of nitrogens with one attached hydrogen (secondary N) is 1. The molecular weight excluding hydrogens is 266 g/mol. The topological polar surface area (TPSA) is 58.6 Å². The van der Waals surface area contributed by atoms with Crippen LogP contribution in [0.3, 0.4) is 0 Å². The minimum atomic E-state index is -0.143. The molecule has 0 saturated heterocycles. The maximum absolute atomic E-state index is 11.8. The van der Waals surface area contributed by atoms with E-state index in [0.717, 1.165) is 0 Å². The van der Waals surface area contributed by atoms with Crippen LogP contribution in [0.1, 0.15) is 45.6 Å². The van der Waals surface area contributed by atoms with Crippen LogP contribution in [0.5, 0.6) is 5.75 Å². The Morgan fingerprint density at radius 2 is 2.10 bits per heavy atom. The number of carbonyl (C=O) groups is 1. The zero-order valence-electron chi connectivity index (χ0n) is 13.5. The number of ether oxygens (including phenoxy) is 1. The van der Waals surface area contributed by atoms with Crippen LogP contribution in [0.25, 0.3) is 0 Å². The number of carbonyl (C=O) groups excluding carboxylic acids is 1. The summed E-state index contributed by atoms with van der Waals surface area (Å²) >= 11 is 0. The van der Waals surface area contributed by atoms with Crippen LogP contribution in [-0.4, -0.2) is 30.8 Å². The predicted octanol–water partition coefficient (Wildman–Crippen LogP) is 2.71. The van der Waals surface area contributed by atoms with Gasteiger partial charge in [-0.25, -0.2) is 0 Å². The van der Waals surface area contributed by atoms with Crippen molar-refractivity contribution in [2.75, 3.05) is 19.8 Å². The van der Waals surface area contributed by atoms with Crippen molar-refractivity contribution in [3.63, 3.8) is 0 Å². The third kappa shape index (κ3) is 6.63. The van der Waals surface area contributed by atoms with Gasteiger partial charge in [-0.2, -0.15) is 0 Å². The zero-order chi connectivity index (χ0) is 15.9. The van der Waals surface area contributed by atoms with E-state index in [1.54, 1.807) is 0 Å². The van der Waals surface area contributed by atoms with Crippen LogP contribution in [0.2, 0.25) is 0 Å². The molecule has 0 fully saturated rings. The molecule has 0 atom stereocenters. The van der Waals surface area contributed by atoms with Gasteiger partial charge in [0, 0.05) is 13.2 Å². The molecule has 0 bridgehead atoms. The largest absolute Gasteiger partial charge is 0.484 e. The highest BCUT2D eigenvalue weighted by Crippen LogP contribution is 2.20. The summed E-state index contributed by atoms with van der Waals surface area (Å²) in [6.07, 6.45) is 0.657. The first-order valence-electron chi connectivity index (χ1n) is 7.44. The van der Waals surface area contributed by atoms with Gasteiger partial charge in [0.2, 0.25) is 0 Å². The molecule has 0 saturated carbocycles. The number of aliphatic hydroxyl groups is 1. The first-order valence-corrected chi connectivity index (χ1v) is 7.44. The van der Waals surface area contributed by atoms with Crippen molar-refractivity contribution in [3.8, 4) is 5.75 Å². The summed E-state index contributed by atoms with van der Waals surface area (Å²) in [4.78, 5) is 11.8. The second kappa shape index (κ2) is 8.03. The van der Waals surface area contributed by atoms with E-state index in [-0.39, 0.29) is 24.5 Å². The van der Waals surface area contributed by atoms with Crippen molar-refractivity contribution < 1.29 is 14.6 Å². The molecule has 1 rings (SSSR count). The first-order chi connectivity index (χ1) is 9.84. The molecule has 0 spiro atoms. The smallest absolute Gasteiger partial charge is 0.257 e. The van der Waals surface area contributed by atoms with Crippen LogP contribution in [0.15, 0.2) is 24.3 Å². The Bertz CT molecular complexity index is 455. The molecule has 1 aromatic carbocycles. The molecule has 0 aliphatic rings. The molecule has 118 valence electrons. The van der Waals surface area contributed by atoms with Gasteiger partial charge < -0.3 is 15.2 Å². The molecule has 0 heterocycles. The summed E-state index contributed by atoms with van der Waals surface area (Å²) in [5.74, 6) is 1.00. The summed E-state index contributed by atoms with van der Waals surface area (Å²) in [6, 6.07) is 7.81. The molecule has 0 unspecified atom stereocenters. The first kappa shape index (κ1) is 17.5. The van der Waals surface area contributed by atoms with Crippen LogP contribution >= 0.6 is 0 Å². The minimum absolute atomic E-state index is 0.0107. The fourth-order valence-corrected chi connectivity index (χ4v) is 1.89. The van der Waals surface area contributed by atoms with E-state index in [4.69, 9.17) is 9.84 Å². The van der Waals surface area contributed by atoms with Crippen LogP contribution in [0, 0.1) is 5.41 Å². The van der Waals surface area contributed by atoms with Crippen molar-refractivity contribution in [2.24, 2.45) is 5.41 Å². The van der Waals surface area contributed by atoms with Gasteiger partial charge >= 0.3 is 0 Å². The standard InChI is InChI=1S/C17H27NO3/c1-13(2)14-6-5-7-15(10-14)21-11-16(20)18-12-17(3,4)8-9-19/h5-7,10,13,19H,8-9,11-12H2,1-4H3,(H,18,20). The average Bonchev–Trinajstić information content (AvgIpc) is 2.43. The molecule has 2 N–H and O–H groups in total. The van der Waals surface area contributed by atoms with Crippen molar-refractivity contribution in [1.82, 2.24) is 5.32 Å². The quantitative estimate of drug-likeness (QED) is 0.775. The fraction of sp³-hybridized carbons (Fsp3) is 0.588. The predicted molar refractivity (Wildman–Crippen MR) is 84.5 cm³/mol. The Morgan fingerprint density at radius 1 is 1.38 bits per heavy atom. The minimum Gasteiger partial charge on any atom is -0.484 e. The second-order valence-electron chi connectivity index (χ2n) is 6.43. The molecular formula is C17H27NO3. The fourth-order valence-electron chi connectivity index (χ4n) is 1.89. The van der Waals surface area contributed by atoms with Gasteiger partial charge in [0.05, 0.1) is 0 Å². The maximum atomic E-state index is 11.8. The number of hydrogen-bond donors (Lipinski definition) is 2. The SMILES string of the molecule is CC(C)c1cccc(OCC(=O)NCC(C)(C)CCO)c1. The molecule has 0 radical (unpaired) electrons. The Morgan fingerprint density at radius 3 is 2.71 bits per heavy atom. The highest BCUT2D eigenvalue weighted by molar-refractivity contribution is 5.77. The second-order valence-corrected chi connectivity index (χ2v) is 6.43. The van der Waals surface area contributed by atoms with Gasteiger partial charge in [-0.1, -0.05) is 39.8 Å². The van der Waals surface area contributed by atoms with E-state index < -0.39 is 0 Å². The summed E-state index contributed by atoms with van der Waals surface area (Å²) in [7, 11) is 0. The Balaban J connectivity index is 2.41. The number of aliphatic hydroxyl groups excluding tert-OH is 1. The highest BCUT2D eigenvalue weighted by Gasteiger charge is 2.18. The number of benzene rings is 1. The molecule has 0 aromatic heterocycles. The molecule has 21 heavy (non-hydrogen) atoms.